The zero-order valence-corrected chi connectivity index (χ0v) is 19.8. The summed E-state index contributed by atoms with van der Waals surface area (Å²) in [7, 11) is 0. The largest absolute Gasteiger partial charge is 0.437 e. The van der Waals surface area contributed by atoms with Crippen molar-refractivity contribution in [1.82, 2.24) is 15.3 Å². The van der Waals surface area contributed by atoms with Gasteiger partial charge in [0.15, 0.2) is 5.69 Å². The van der Waals surface area contributed by atoms with Crippen molar-refractivity contribution >= 4 is 17.6 Å². The molecule has 7 nitrogen and oxygen atoms in total. The number of Topliss-reactive ketones (excluding diaryl/α,β-unsaturated/α-hetero) is 1. The highest BCUT2D eigenvalue weighted by Crippen LogP contribution is 2.36. The fourth-order valence-corrected chi connectivity index (χ4v) is 4.82. The maximum atomic E-state index is 13.8. The molecule has 2 saturated heterocycles. The third kappa shape index (κ3) is 5.38. The highest BCUT2D eigenvalue weighted by atomic mass is 19.4. The number of carbonyl (C=O) groups excluding carboxylic acids is 1. The standard InChI is InChI=1S/C26H28F3N5O2/c27-26(28,29)24-23(21(35)16-18-6-7-22(31-17-18)33-14-10-30-11-15-33)36-25(32-24)34-12-8-20(9-13-34)19-4-2-1-3-5-19/h1-7,17,20,30H,8-16H2. The molecule has 4 heterocycles. The Kier molecular flexibility index (Phi) is 6.95. The molecule has 2 fully saturated rings. The average molecular weight is 500 g/mol. The smallest absolute Gasteiger partial charge is 0.420 e. The fraction of sp³-hybridized carbons (Fsp3) is 0.423. The lowest BCUT2D eigenvalue weighted by atomic mass is 9.90. The third-order valence-electron chi connectivity index (χ3n) is 6.79. The van der Waals surface area contributed by atoms with Crippen LogP contribution in [0.4, 0.5) is 25.0 Å². The van der Waals surface area contributed by atoms with Gasteiger partial charge < -0.3 is 19.5 Å². The van der Waals surface area contributed by atoms with E-state index in [9.17, 15) is 18.0 Å². The minimum Gasteiger partial charge on any atom is -0.420 e. The number of piperazine rings is 1. The van der Waals surface area contributed by atoms with Gasteiger partial charge >= 0.3 is 6.18 Å². The number of benzene rings is 1. The quantitative estimate of drug-likeness (QED) is 0.507. The van der Waals surface area contributed by atoms with Gasteiger partial charge in [0.1, 0.15) is 5.82 Å². The van der Waals surface area contributed by atoms with E-state index in [1.807, 2.05) is 18.2 Å². The van der Waals surface area contributed by atoms with E-state index in [1.165, 1.54) is 11.8 Å². The Labute approximate surface area is 207 Å². The second kappa shape index (κ2) is 10.3. The number of anilines is 2. The molecule has 2 aliphatic rings. The summed E-state index contributed by atoms with van der Waals surface area (Å²) in [4.78, 5) is 24.8. The molecule has 10 heteroatoms. The highest BCUT2D eigenvalue weighted by molar-refractivity contribution is 5.96. The normalized spacial score (nSPS) is 17.4. The molecule has 0 aliphatic carbocycles. The number of halogens is 3. The first-order chi connectivity index (χ1) is 17.4. The molecular formula is C26H28F3N5O2. The fourth-order valence-electron chi connectivity index (χ4n) is 4.82. The lowest BCUT2D eigenvalue weighted by molar-refractivity contribution is -0.141. The maximum absolute atomic E-state index is 13.8. The molecule has 0 saturated carbocycles. The van der Waals surface area contributed by atoms with E-state index in [0.717, 1.165) is 44.8 Å². The highest BCUT2D eigenvalue weighted by Gasteiger charge is 2.42. The van der Waals surface area contributed by atoms with E-state index in [-0.39, 0.29) is 12.4 Å². The van der Waals surface area contributed by atoms with E-state index in [4.69, 9.17) is 4.42 Å². The molecule has 0 radical (unpaired) electrons. The number of pyridine rings is 1. The molecule has 36 heavy (non-hydrogen) atoms. The number of piperidine rings is 1. The number of hydrogen-bond donors (Lipinski definition) is 1. The molecule has 3 aromatic rings. The summed E-state index contributed by atoms with van der Waals surface area (Å²) < 4.78 is 46.7. The van der Waals surface area contributed by atoms with Gasteiger partial charge in [0, 0.05) is 51.9 Å². The number of aromatic nitrogens is 2. The van der Waals surface area contributed by atoms with Crippen LogP contribution >= 0.6 is 0 Å². The van der Waals surface area contributed by atoms with Crippen molar-refractivity contribution in [2.75, 3.05) is 49.1 Å². The molecule has 5 rings (SSSR count). The van der Waals surface area contributed by atoms with Gasteiger partial charge in [0.05, 0.1) is 0 Å². The monoisotopic (exact) mass is 499 g/mol. The molecule has 2 aromatic heterocycles. The van der Waals surface area contributed by atoms with Crippen molar-refractivity contribution in [2.45, 2.75) is 31.4 Å². The van der Waals surface area contributed by atoms with Crippen molar-refractivity contribution in [2.24, 2.45) is 0 Å². The van der Waals surface area contributed by atoms with Crippen molar-refractivity contribution in [3.63, 3.8) is 0 Å². The van der Waals surface area contributed by atoms with Crippen LogP contribution in [0.2, 0.25) is 0 Å². The second-order valence-electron chi connectivity index (χ2n) is 9.21. The molecule has 0 spiro atoms. The molecule has 1 aromatic carbocycles. The first-order valence-corrected chi connectivity index (χ1v) is 12.2. The first kappa shape index (κ1) is 24.3. The minimum absolute atomic E-state index is 0.149. The van der Waals surface area contributed by atoms with Crippen molar-refractivity contribution in [1.29, 1.82) is 0 Å². The number of ketones is 1. The van der Waals surface area contributed by atoms with Crippen LogP contribution in [0.25, 0.3) is 0 Å². The zero-order chi connectivity index (χ0) is 25.1. The first-order valence-electron chi connectivity index (χ1n) is 12.2. The van der Waals surface area contributed by atoms with Crippen LogP contribution in [-0.4, -0.2) is 55.0 Å². The lowest BCUT2D eigenvalue weighted by Gasteiger charge is -2.31. The summed E-state index contributed by atoms with van der Waals surface area (Å²) in [5.74, 6) is -0.396. The zero-order valence-electron chi connectivity index (χ0n) is 19.8. The summed E-state index contributed by atoms with van der Waals surface area (Å²) in [6, 6.07) is 13.4. The van der Waals surface area contributed by atoms with Crippen LogP contribution in [0, 0.1) is 0 Å². The molecular weight excluding hydrogens is 471 g/mol. The SMILES string of the molecule is O=C(Cc1ccc(N2CCNCC2)nc1)c1oc(N2CCC(c3ccccc3)CC2)nc1C(F)(F)F. The Morgan fingerprint density at radius 3 is 2.36 bits per heavy atom. The van der Waals surface area contributed by atoms with E-state index < -0.39 is 23.4 Å². The van der Waals surface area contributed by atoms with Crippen LogP contribution in [0.15, 0.2) is 53.1 Å². The molecule has 2 aliphatic heterocycles. The van der Waals surface area contributed by atoms with Crippen LogP contribution < -0.4 is 15.1 Å². The summed E-state index contributed by atoms with van der Waals surface area (Å²) >= 11 is 0. The molecule has 1 N–H and O–H groups in total. The maximum Gasteiger partial charge on any atom is 0.437 e. The second-order valence-corrected chi connectivity index (χ2v) is 9.21. The van der Waals surface area contributed by atoms with Gasteiger partial charge in [-0.2, -0.15) is 18.2 Å². The molecule has 0 amide bonds. The minimum atomic E-state index is -4.79. The Morgan fingerprint density at radius 2 is 1.72 bits per heavy atom. The van der Waals surface area contributed by atoms with Gasteiger partial charge in [-0.05, 0) is 36.0 Å². The summed E-state index contributed by atoms with van der Waals surface area (Å²) in [5.41, 5.74) is 0.472. The molecule has 0 bridgehead atoms. The number of hydrogen-bond acceptors (Lipinski definition) is 7. The topological polar surface area (TPSA) is 74.5 Å². The van der Waals surface area contributed by atoms with E-state index >= 15 is 0 Å². The summed E-state index contributed by atoms with van der Waals surface area (Å²) in [6.07, 6.45) is -1.97. The Balaban J connectivity index is 1.29. The predicted octanol–water partition coefficient (Wildman–Crippen LogP) is 4.31. The summed E-state index contributed by atoms with van der Waals surface area (Å²) in [6.45, 7) is 4.37. The van der Waals surface area contributed by atoms with Crippen molar-refractivity contribution in [3.05, 3.63) is 71.2 Å². The van der Waals surface area contributed by atoms with Gasteiger partial charge in [0.2, 0.25) is 11.5 Å². The van der Waals surface area contributed by atoms with Crippen molar-refractivity contribution < 1.29 is 22.4 Å². The summed E-state index contributed by atoms with van der Waals surface area (Å²) in [5, 5.41) is 3.27. The van der Waals surface area contributed by atoms with Crippen LogP contribution in [0.5, 0.6) is 0 Å². The number of carbonyl (C=O) groups is 1. The average Bonchev–Trinajstić information content (AvgIpc) is 3.37. The van der Waals surface area contributed by atoms with Crippen LogP contribution in [-0.2, 0) is 12.6 Å². The lowest BCUT2D eigenvalue weighted by Crippen LogP contribution is -2.43. The third-order valence-corrected chi connectivity index (χ3v) is 6.79. The Morgan fingerprint density at radius 1 is 1.00 bits per heavy atom. The number of nitrogens with one attached hydrogen (secondary N) is 1. The Bertz CT molecular complexity index is 1170. The van der Waals surface area contributed by atoms with Crippen LogP contribution in [0.1, 0.15) is 46.1 Å². The van der Waals surface area contributed by atoms with Gasteiger partial charge in [-0.25, -0.2) is 4.98 Å². The van der Waals surface area contributed by atoms with Gasteiger partial charge in [-0.3, -0.25) is 4.79 Å². The van der Waals surface area contributed by atoms with Gasteiger partial charge in [-0.1, -0.05) is 36.4 Å². The van der Waals surface area contributed by atoms with Gasteiger partial charge in [0.25, 0.3) is 6.01 Å². The number of oxazole rings is 1. The van der Waals surface area contributed by atoms with Crippen LogP contribution in [0.3, 0.4) is 0 Å². The molecule has 0 atom stereocenters. The number of nitrogens with zero attached hydrogens (tertiary/aromatic N) is 4. The Hall–Kier alpha value is -3.40. The van der Waals surface area contributed by atoms with Gasteiger partial charge in [-0.15, -0.1) is 0 Å². The van der Waals surface area contributed by atoms with E-state index in [2.05, 4.69) is 32.3 Å². The molecule has 190 valence electrons. The van der Waals surface area contributed by atoms with E-state index in [0.29, 0.717) is 24.6 Å². The molecule has 0 unspecified atom stereocenters. The van der Waals surface area contributed by atoms with E-state index in [1.54, 1.807) is 17.0 Å². The predicted molar refractivity (Wildman–Crippen MR) is 129 cm³/mol. The van der Waals surface area contributed by atoms with Crippen molar-refractivity contribution in [3.8, 4) is 0 Å². The number of alkyl halides is 3. The number of rotatable bonds is 6.